The van der Waals surface area contributed by atoms with Crippen LogP contribution in [-0.4, -0.2) is 171 Å². The van der Waals surface area contributed by atoms with Gasteiger partial charge in [0.25, 0.3) is 5.56 Å². The Morgan fingerprint density at radius 1 is 0.908 bits per heavy atom. The molecule has 22 nitrogen and oxygen atoms in total. The van der Waals surface area contributed by atoms with Crippen LogP contribution < -0.4 is 21.5 Å². The Morgan fingerprint density at radius 3 is 2.29 bits per heavy atom. The monoisotopic (exact) mass is 1060 g/mol. The SMILES string of the molecule is CCc1c2c(nc3ccccc13)-c1cc3c(c(=O)n1C2)COC(=O)C3OC(=O)C(NC(=O)C1CCCN1C(=O)C(CC(=O)OCCC[N+](C)(C)C)NC(=O)CCOCCOCCOCCNC(=O)OC(C)(C)C)C(C)C. The second-order valence-corrected chi connectivity index (χ2v) is 21.4. The minimum atomic E-state index is -1.62. The van der Waals surface area contributed by atoms with Gasteiger partial charge in [0.1, 0.15) is 30.3 Å². The largest absolute Gasteiger partial charge is 0.465 e. The number of hydrogen-bond donors (Lipinski definition) is 3. The molecule has 0 bridgehead atoms. The second kappa shape index (κ2) is 26.5. The Labute approximate surface area is 443 Å². The lowest BCUT2D eigenvalue weighted by atomic mass is 9.97. The van der Waals surface area contributed by atoms with Crippen LogP contribution in [0.4, 0.5) is 4.79 Å². The van der Waals surface area contributed by atoms with Crippen LogP contribution in [0.3, 0.4) is 0 Å². The molecular weight excluding hydrogens is 987 g/mol. The molecule has 2 aromatic heterocycles. The Kier molecular flexibility index (Phi) is 20.5. The Bertz CT molecular complexity index is 2660. The minimum Gasteiger partial charge on any atom is -0.465 e. The van der Waals surface area contributed by atoms with Gasteiger partial charge in [-0.2, -0.15) is 0 Å². The average molecular weight is 1060 g/mol. The van der Waals surface area contributed by atoms with Gasteiger partial charge in [-0.3, -0.25) is 24.0 Å². The molecule has 0 radical (unpaired) electrons. The molecule has 6 rings (SSSR count). The van der Waals surface area contributed by atoms with Gasteiger partial charge >= 0.3 is 24.0 Å². The quantitative estimate of drug-likeness (QED) is 0.0353. The van der Waals surface area contributed by atoms with Crippen molar-refractivity contribution in [3.05, 3.63) is 62.9 Å². The molecule has 0 spiro atoms. The van der Waals surface area contributed by atoms with E-state index in [0.29, 0.717) is 35.1 Å². The van der Waals surface area contributed by atoms with Crippen LogP contribution in [0.15, 0.2) is 35.1 Å². The number of quaternary nitrogens is 1. The molecule has 0 saturated carbocycles. The summed E-state index contributed by atoms with van der Waals surface area (Å²) in [6.45, 7) is 13.1. The number of carbonyl (C=O) groups excluding carboxylic acids is 7. The van der Waals surface area contributed by atoms with Gasteiger partial charge in [-0.1, -0.05) is 39.0 Å². The number of nitrogens with zero attached hydrogens (tertiary/aromatic N) is 4. The predicted molar refractivity (Wildman–Crippen MR) is 276 cm³/mol. The zero-order valence-corrected chi connectivity index (χ0v) is 45.4. The molecule has 4 atom stereocenters. The van der Waals surface area contributed by atoms with Crippen molar-refractivity contribution >= 4 is 52.6 Å². The van der Waals surface area contributed by atoms with Crippen LogP contribution in [0.5, 0.6) is 0 Å². The number of aryl methyl sites for hydroxylation is 1. The zero-order valence-electron chi connectivity index (χ0n) is 45.4. The van der Waals surface area contributed by atoms with E-state index in [0.717, 1.165) is 28.6 Å². The number of benzene rings is 1. The van der Waals surface area contributed by atoms with Gasteiger partial charge in [0.15, 0.2) is 0 Å². The van der Waals surface area contributed by atoms with E-state index in [9.17, 15) is 38.4 Å². The van der Waals surface area contributed by atoms with Gasteiger partial charge in [0.2, 0.25) is 23.8 Å². The zero-order chi connectivity index (χ0) is 55.3. The molecule has 76 heavy (non-hydrogen) atoms. The number of para-hydroxylation sites is 1. The molecule has 5 heterocycles. The number of amides is 4. The van der Waals surface area contributed by atoms with E-state index in [2.05, 4.69) is 16.0 Å². The number of hydrogen-bond acceptors (Lipinski definition) is 16. The number of esters is 3. The van der Waals surface area contributed by atoms with Crippen molar-refractivity contribution in [3.63, 3.8) is 0 Å². The molecule has 0 aliphatic carbocycles. The third-order valence-corrected chi connectivity index (χ3v) is 13.0. The Balaban J connectivity index is 1.06. The number of rotatable bonds is 26. The summed E-state index contributed by atoms with van der Waals surface area (Å²) < 4.78 is 40.7. The fraction of sp³-hybridized carbons (Fsp3) is 0.611. The van der Waals surface area contributed by atoms with Gasteiger partial charge in [0.05, 0.1) is 109 Å². The third-order valence-electron chi connectivity index (χ3n) is 13.0. The number of carbonyl (C=O) groups is 7. The van der Waals surface area contributed by atoms with E-state index in [1.807, 2.05) is 52.3 Å². The van der Waals surface area contributed by atoms with Crippen LogP contribution in [0.2, 0.25) is 0 Å². The molecule has 3 aromatic rings. The van der Waals surface area contributed by atoms with E-state index in [-0.39, 0.29) is 96.5 Å². The van der Waals surface area contributed by atoms with Gasteiger partial charge in [-0.25, -0.2) is 19.4 Å². The third kappa shape index (κ3) is 15.8. The fourth-order valence-electron chi connectivity index (χ4n) is 9.26. The minimum absolute atomic E-state index is 0.0222. The maximum atomic E-state index is 14.4. The maximum Gasteiger partial charge on any atom is 0.407 e. The normalized spacial score (nSPS) is 16.8. The number of pyridine rings is 2. The van der Waals surface area contributed by atoms with Crippen molar-refractivity contribution in [1.82, 2.24) is 30.4 Å². The van der Waals surface area contributed by atoms with Crippen LogP contribution in [-0.2, 0) is 81.5 Å². The smallest absolute Gasteiger partial charge is 0.407 e. The van der Waals surface area contributed by atoms with Crippen LogP contribution in [0, 0.1) is 5.92 Å². The molecular formula is C54H76N7O15+. The standard InChI is InChI=1S/C54H75N7O15/c1-10-34-35-15-11-12-16-39(35)57-46-37(34)31-60-42(46)29-36-38(49(60)65)32-74-52(68)47(36)75-51(67)45(33(2)3)58-48(64)41-17-13-20-59(41)50(66)40(30-44(63)73-22-14-21-61(7,8)9)56-43(62)18-23-70-25-27-72-28-26-71-24-19-55-53(69)76-54(4,5)6/h11-12,15-16,29,33,40-41,45,47H,10,13-14,17-28,30-32H2,1-9H3,(H2-,55,56,58,62,64,69)/p+1. The lowest BCUT2D eigenvalue weighted by Gasteiger charge is -2.31. The number of ether oxygens (including phenoxy) is 7. The second-order valence-electron chi connectivity index (χ2n) is 21.4. The number of alkyl carbamates (subject to hydrolysis) is 1. The summed E-state index contributed by atoms with van der Waals surface area (Å²) in [5, 5.41) is 8.98. The van der Waals surface area contributed by atoms with Crippen LogP contribution in [0.25, 0.3) is 22.3 Å². The number of nitrogens with one attached hydrogen (secondary N) is 3. The van der Waals surface area contributed by atoms with Crippen molar-refractivity contribution in [1.29, 1.82) is 0 Å². The fourth-order valence-corrected chi connectivity index (χ4v) is 9.26. The van der Waals surface area contributed by atoms with Gasteiger partial charge in [-0.15, -0.1) is 0 Å². The van der Waals surface area contributed by atoms with Crippen molar-refractivity contribution in [3.8, 4) is 11.4 Å². The summed E-state index contributed by atoms with van der Waals surface area (Å²) in [6.07, 6.45) is -0.935. The number of aromatic nitrogens is 2. The van der Waals surface area contributed by atoms with E-state index in [1.54, 1.807) is 45.3 Å². The first-order valence-electron chi connectivity index (χ1n) is 26.2. The summed E-state index contributed by atoms with van der Waals surface area (Å²) >= 11 is 0. The average Bonchev–Trinajstić information content (AvgIpc) is 4.06. The van der Waals surface area contributed by atoms with Gasteiger partial charge in [-0.05, 0) is 63.6 Å². The highest BCUT2D eigenvalue weighted by molar-refractivity contribution is 5.96. The van der Waals surface area contributed by atoms with Crippen molar-refractivity contribution in [2.45, 2.75) is 123 Å². The summed E-state index contributed by atoms with van der Waals surface area (Å²) in [5.41, 5.74) is 3.14. The topological polar surface area (TPSA) is 258 Å². The predicted octanol–water partition coefficient (Wildman–Crippen LogP) is 3.24. The first-order chi connectivity index (χ1) is 36.1. The summed E-state index contributed by atoms with van der Waals surface area (Å²) in [4.78, 5) is 115. The number of fused-ring (bicyclic) bond motifs is 5. The van der Waals surface area contributed by atoms with E-state index in [1.165, 1.54) is 4.90 Å². The molecule has 4 unspecified atom stereocenters. The number of cyclic esters (lactones) is 1. The van der Waals surface area contributed by atoms with E-state index >= 15 is 0 Å². The Hall–Kier alpha value is -6.49. The molecule has 3 aliphatic rings. The van der Waals surface area contributed by atoms with Crippen molar-refractivity contribution in [2.75, 3.05) is 87.0 Å². The van der Waals surface area contributed by atoms with E-state index < -0.39 is 89.5 Å². The molecule has 1 aromatic carbocycles. The number of likely N-dealkylation sites (tertiary alicyclic amines) is 1. The van der Waals surface area contributed by atoms with Crippen LogP contribution >= 0.6 is 0 Å². The summed E-state index contributed by atoms with van der Waals surface area (Å²) in [6, 6.07) is 5.59. The molecule has 3 aliphatic heterocycles. The molecule has 1 saturated heterocycles. The molecule has 3 N–H and O–H groups in total. The Morgan fingerprint density at radius 2 is 1.61 bits per heavy atom. The lowest BCUT2D eigenvalue weighted by molar-refractivity contribution is -0.870. The first-order valence-corrected chi connectivity index (χ1v) is 26.2. The van der Waals surface area contributed by atoms with Crippen molar-refractivity contribution < 1.29 is 71.2 Å². The highest BCUT2D eigenvalue weighted by Gasteiger charge is 2.43. The van der Waals surface area contributed by atoms with Gasteiger partial charge in [0, 0.05) is 42.4 Å². The first kappa shape index (κ1) is 58.8. The summed E-state index contributed by atoms with van der Waals surface area (Å²) in [7, 11) is 6.02. The van der Waals surface area contributed by atoms with Crippen molar-refractivity contribution in [2.24, 2.45) is 5.92 Å². The molecule has 22 heteroatoms. The maximum absolute atomic E-state index is 14.4. The van der Waals surface area contributed by atoms with Gasteiger partial charge < -0.3 is 63.1 Å². The molecule has 4 amide bonds. The molecule has 1 fully saturated rings. The van der Waals surface area contributed by atoms with E-state index in [4.69, 9.17) is 38.1 Å². The highest BCUT2D eigenvalue weighted by Crippen LogP contribution is 2.39. The summed E-state index contributed by atoms with van der Waals surface area (Å²) in [5.74, 6) is -5.08. The molecule has 416 valence electrons. The lowest BCUT2D eigenvalue weighted by Crippen LogP contribution is -2.56. The highest BCUT2D eigenvalue weighted by atomic mass is 16.6. The van der Waals surface area contributed by atoms with Crippen LogP contribution in [0.1, 0.15) is 102 Å².